The van der Waals surface area contributed by atoms with Crippen LogP contribution in [-0.4, -0.2) is 26.5 Å². The van der Waals surface area contributed by atoms with E-state index in [9.17, 15) is 13.2 Å². The Kier molecular flexibility index (Phi) is 5.93. The van der Waals surface area contributed by atoms with Gasteiger partial charge >= 0.3 is 0 Å². The van der Waals surface area contributed by atoms with Gasteiger partial charge in [0.15, 0.2) is 0 Å². The number of rotatable bonds is 6. The molecule has 1 aliphatic heterocycles. The van der Waals surface area contributed by atoms with Crippen LogP contribution in [0.4, 0.5) is 5.69 Å². The Morgan fingerprint density at radius 2 is 1.56 bits per heavy atom. The fraction of sp³-hybridized carbons (Fsp3) is 0.240. The highest BCUT2D eigenvalue weighted by molar-refractivity contribution is 7.92. The van der Waals surface area contributed by atoms with Gasteiger partial charge in [-0.2, -0.15) is 0 Å². The zero-order valence-electron chi connectivity index (χ0n) is 18.1. The van der Waals surface area contributed by atoms with Crippen LogP contribution in [0.2, 0.25) is 0 Å². The lowest BCUT2D eigenvalue weighted by atomic mass is 9.89. The number of amides is 1. The van der Waals surface area contributed by atoms with Crippen molar-refractivity contribution < 1.29 is 17.9 Å². The molecule has 0 radical (unpaired) electrons. The fourth-order valence-corrected chi connectivity index (χ4v) is 5.37. The van der Waals surface area contributed by atoms with Crippen LogP contribution < -0.4 is 14.4 Å². The van der Waals surface area contributed by atoms with Crippen molar-refractivity contribution in [1.29, 1.82) is 0 Å². The zero-order valence-corrected chi connectivity index (χ0v) is 18.9. The standard InChI is InChI=1S/C25H26N2O4S/c1-25(2)17-22(21-15-9-10-16-23(21)31-25)26-24(28)18-27(19-11-5-3-6-12-19)32(29,30)20-13-7-4-8-14-20/h3-16,22H,17-18H2,1-2H3,(H,26,28). The Labute approximate surface area is 188 Å². The molecular weight excluding hydrogens is 424 g/mol. The third kappa shape index (κ3) is 4.62. The van der Waals surface area contributed by atoms with Crippen molar-refractivity contribution >= 4 is 21.6 Å². The van der Waals surface area contributed by atoms with Crippen LogP contribution in [0.5, 0.6) is 5.75 Å². The van der Waals surface area contributed by atoms with E-state index in [1.807, 2.05) is 38.1 Å². The third-order valence-electron chi connectivity index (χ3n) is 5.37. The van der Waals surface area contributed by atoms with Gasteiger partial charge in [0.2, 0.25) is 5.91 Å². The Bertz CT molecular complexity index is 1190. The summed E-state index contributed by atoms with van der Waals surface area (Å²) in [6, 6.07) is 24.1. The van der Waals surface area contributed by atoms with Crippen molar-refractivity contribution in [2.45, 2.75) is 36.8 Å². The van der Waals surface area contributed by atoms with E-state index in [0.29, 0.717) is 12.1 Å². The van der Waals surface area contributed by atoms with Crippen LogP contribution in [0.15, 0.2) is 89.8 Å². The van der Waals surface area contributed by atoms with Gasteiger partial charge in [0, 0.05) is 12.0 Å². The van der Waals surface area contributed by atoms with Crippen molar-refractivity contribution in [2.75, 3.05) is 10.8 Å². The average molecular weight is 451 g/mol. The maximum absolute atomic E-state index is 13.4. The summed E-state index contributed by atoms with van der Waals surface area (Å²) in [5, 5.41) is 3.03. The number of carbonyl (C=O) groups excluding carboxylic acids is 1. The van der Waals surface area contributed by atoms with Gasteiger partial charge in [-0.3, -0.25) is 9.10 Å². The predicted octanol–water partition coefficient (Wildman–Crippen LogP) is 4.30. The lowest BCUT2D eigenvalue weighted by molar-refractivity contribution is -0.120. The van der Waals surface area contributed by atoms with E-state index < -0.39 is 15.6 Å². The Morgan fingerprint density at radius 3 is 2.25 bits per heavy atom. The molecule has 1 unspecified atom stereocenters. The van der Waals surface area contributed by atoms with Crippen LogP contribution in [0.3, 0.4) is 0 Å². The Morgan fingerprint density at radius 1 is 0.969 bits per heavy atom. The molecule has 1 heterocycles. The van der Waals surface area contributed by atoms with Crippen LogP contribution >= 0.6 is 0 Å². The fourth-order valence-electron chi connectivity index (χ4n) is 3.93. The maximum atomic E-state index is 13.4. The highest BCUT2D eigenvalue weighted by atomic mass is 32.2. The summed E-state index contributed by atoms with van der Waals surface area (Å²) in [7, 11) is -3.93. The van der Waals surface area contributed by atoms with Gasteiger partial charge in [0.1, 0.15) is 17.9 Å². The predicted molar refractivity (Wildman–Crippen MR) is 124 cm³/mol. The molecule has 1 aliphatic rings. The highest BCUT2D eigenvalue weighted by Crippen LogP contribution is 2.39. The van der Waals surface area contributed by atoms with Gasteiger partial charge in [-0.25, -0.2) is 8.42 Å². The van der Waals surface area contributed by atoms with Crippen LogP contribution in [0.1, 0.15) is 31.9 Å². The van der Waals surface area contributed by atoms with Gasteiger partial charge in [-0.1, -0.05) is 54.6 Å². The molecule has 0 bridgehead atoms. The van der Waals surface area contributed by atoms with Crippen molar-refractivity contribution in [3.05, 3.63) is 90.5 Å². The number of hydrogen-bond acceptors (Lipinski definition) is 4. The number of anilines is 1. The maximum Gasteiger partial charge on any atom is 0.264 e. The number of carbonyl (C=O) groups is 1. The van der Waals surface area contributed by atoms with E-state index in [1.165, 1.54) is 12.1 Å². The molecule has 1 amide bonds. The highest BCUT2D eigenvalue weighted by Gasteiger charge is 2.35. The molecule has 1 atom stereocenters. The van der Waals surface area contributed by atoms with E-state index in [0.717, 1.165) is 15.6 Å². The van der Waals surface area contributed by atoms with E-state index in [4.69, 9.17) is 4.74 Å². The molecule has 0 aliphatic carbocycles. The van der Waals surface area contributed by atoms with Gasteiger partial charge in [0.05, 0.1) is 16.6 Å². The summed E-state index contributed by atoms with van der Waals surface area (Å²) in [5.74, 6) is 0.344. The summed E-state index contributed by atoms with van der Waals surface area (Å²) < 4.78 is 34.0. The zero-order chi connectivity index (χ0) is 22.8. The number of nitrogens with zero attached hydrogens (tertiary/aromatic N) is 1. The number of hydrogen-bond donors (Lipinski definition) is 1. The largest absolute Gasteiger partial charge is 0.487 e. The van der Waals surface area contributed by atoms with Crippen LogP contribution in [0, 0.1) is 0 Å². The van der Waals surface area contributed by atoms with E-state index in [1.54, 1.807) is 48.5 Å². The number of ether oxygens (including phenoxy) is 1. The molecule has 0 spiro atoms. The molecule has 1 N–H and O–H groups in total. The second-order valence-corrected chi connectivity index (χ2v) is 10.2. The minimum absolute atomic E-state index is 0.134. The number of sulfonamides is 1. The molecule has 3 aromatic rings. The smallest absolute Gasteiger partial charge is 0.264 e. The number of para-hydroxylation sites is 2. The number of nitrogens with one attached hydrogen (secondary N) is 1. The SMILES string of the molecule is CC1(C)CC(NC(=O)CN(c2ccccc2)S(=O)(=O)c2ccccc2)c2ccccc2O1. The van der Waals surface area contributed by atoms with Crippen molar-refractivity contribution in [1.82, 2.24) is 5.32 Å². The number of benzene rings is 3. The Hall–Kier alpha value is -3.32. The summed E-state index contributed by atoms with van der Waals surface area (Å²) in [5.41, 5.74) is 0.859. The second kappa shape index (κ2) is 8.67. The first-order valence-electron chi connectivity index (χ1n) is 10.5. The monoisotopic (exact) mass is 450 g/mol. The van der Waals surface area contributed by atoms with Crippen molar-refractivity contribution in [3.63, 3.8) is 0 Å². The first kappa shape index (κ1) is 21.9. The minimum atomic E-state index is -3.93. The minimum Gasteiger partial charge on any atom is -0.487 e. The van der Waals surface area contributed by atoms with E-state index >= 15 is 0 Å². The lowest BCUT2D eigenvalue weighted by Crippen LogP contribution is -2.45. The van der Waals surface area contributed by atoms with Gasteiger partial charge in [-0.05, 0) is 44.2 Å². The second-order valence-electron chi connectivity index (χ2n) is 8.38. The van der Waals surface area contributed by atoms with E-state index in [2.05, 4.69) is 5.32 Å². The molecule has 0 aromatic heterocycles. The topological polar surface area (TPSA) is 75.7 Å². The molecule has 32 heavy (non-hydrogen) atoms. The molecule has 166 valence electrons. The molecule has 0 fully saturated rings. The summed E-state index contributed by atoms with van der Waals surface area (Å²) in [4.78, 5) is 13.3. The third-order valence-corrected chi connectivity index (χ3v) is 7.16. The van der Waals surface area contributed by atoms with Gasteiger partial charge in [0.25, 0.3) is 10.0 Å². The molecular formula is C25H26N2O4S. The first-order chi connectivity index (χ1) is 15.3. The van der Waals surface area contributed by atoms with E-state index in [-0.39, 0.29) is 23.4 Å². The Balaban J connectivity index is 1.62. The molecule has 4 rings (SSSR count). The van der Waals surface area contributed by atoms with Gasteiger partial charge in [-0.15, -0.1) is 0 Å². The summed E-state index contributed by atoms with van der Waals surface area (Å²) in [6.07, 6.45) is 0.576. The van der Waals surface area contributed by atoms with Crippen LogP contribution in [0.25, 0.3) is 0 Å². The average Bonchev–Trinajstić information content (AvgIpc) is 2.78. The normalized spacial score (nSPS) is 17.0. The van der Waals surface area contributed by atoms with Crippen molar-refractivity contribution in [2.24, 2.45) is 0 Å². The van der Waals surface area contributed by atoms with Crippen LogP contribution in [-0.2, 0) is 14.8 Å². The summed E-state index contributed by atoms with van der Waals surface area (Å²) in [6.45, 7) is 3.61. The number of fused-ring (bicyclic) bond motifs is 1. The summed E-state index contributed by atoms with van der Waals surface area (Å²) >= 11 is 0. The molecule has 0 saturated carbocycles. The van der Waals surface area contributed by atoms with Crippen molar-refractivity contribution in [3.8, 4) is 5.75 Å². The molecule has 6 nitrogen and oxygen atoms in total. The first-order valence-corrected chi connectivity index (χ1v) is 11.9. The quantitative estimate of drug-likeness (QED) is 0.608. The van der Waals surface area contributed by atoms with Gasteiger partial charge < -0.3 is 10.1 Å². The molecule has 7 heteroatoms. The molecule has 0 saturated heterocycles. The molecule has 3 aromatic carbocycles. The lowest BCUT2D eigenvalue weighted by Gasteiger charge is -2.38.